The normalized spacial score (nSPS) is 11.6. The Balaban J connectivity index is 4.91. The van der Waals surface area contributed by atoms with E-state index in [1.54, 1.807) is 0 Å². The van der Waals surface area contributed by atoms with Crippen molar-refractivity contribution in [2.24, 2.45) is 5.41 Å². The minimum absolute atomic E-state index is 0.180. The molecule has 1 N–H and O–H groups in total. The molecule has 0 unspecified atom stereocenters. The molecule has 0 aliphatic heterocycles. The second-order valence-electron chi connectivity index (χ2n) is 10.3. The molecule has 0 atom stereocenters. The Morgan fingerprint density at radius 3 is 1.09 bits per heavy atom. The fraction of sp³-hybridized carbons (Fsp3) is 0.900. The van der Waals surface area contributed by atoms with Gasteiger partial charge in [0.1, 0.15) is 0 Å². The van der Waals surface area contributed by atoms with Crippen molar-refractivity contribution in [3.8, 4) is 0 Å². The van der Waals surface area contributed by atoms with Crippen LogP contribution in [0.15, 0.2) is 0 Å². The van der Waals surface area contributed by atoms with Gasteiger partial charge in [-0.3, -0.25) is 14.4 Å². The monoisotopic (exact) mass is 480 g/mol. The van der Waals surface area contributed by atoms with Crippen molar-refractivity contribution in [3.63, 3.8) is 0 Å². The molecule has 0 fully saturated rings. The van der Waals surface area contributed by atoms with E-state index in [9.17, 15) is 19.5 Å². The first-order valence-corrected chi connectivity index (χ1v) is 14.8. The summed E-state index contributed by atoms with van der Waals surface area (Å²) < 4.78 is 0. The van der Waals surface area contributed by atoms with Crippen LogP contribution in [0, 0.1) is 5.41 Å². The summed E-state index contributed by atoms with van der Waals surface area (Å²) in [6.07, 6.45) is 21.8. The summed E-state index contributed by atoms with van der Waals surface area (Å²) in [4.78, 5) is 39.0. The zero-order valence-electron chi connectivity index (χ0n) is 22.9. The minimum atomic E-state index is -1.81. The van der Waals surface area contributed by atoms with Gasteiger partial charge in [0.2, 0.25) is 0 Å². The maximum Gasteiger partial charge on any atom is 0.324 e. The average molecular weight is 481 g/mol. The molecule has 0 bridgehead atoms. The first-order valence-electron chi connectivity index (χ1n) is 14.8. The largest absolute Gasteiger partial charge is 0.480 e. The number of carbonyl (C=O) groups excluding carboxylic acids is 2. The van der Waals surface area contributed by atoms with Gasteiger partial charge in [-0.1, -0.05) is 136 Å². The van der Waals surface area contributed by atoms with Crippen molar-refractivity contribution in [1.29, 1.82) is 0 Å². The molecule has 4 heteroatoms. The number of Topliss-reactive ketones (excluding diaryl/α,β-unsaturated/α-hetero) is 2. The van der Waals surface area contributed by atoms with Crippen molar-refractivity contribution in [2.45, 2.75) is 168 Å². The number of carboxylic acid groups (broad SMARTS) is 1. The van der Waals surface area contributed by atoms with Gasteiger partial charge in [-0.05, 0) is 19.3 Å². The highest BCUT2D eigenvalue weighted by Crippen LogP contribution is 2.33. The lowest BCUT2D eigenvalue weighted by Gasteiger charge is -2.27. The average Bonchev–Trinajstić information content (AvgIpc) is 2.82. The summed E-state index contributed by atoms with van der Waals surface area (Å²) in [5.74, 6) is -1.88. The molecule has 0 saturated heterocycles. The maximum absolute atomic E-state index is 13.3. The first-order chi connectivity index (χ1) is 16.5. The van der Waals surface area contributed by atoms with Crippen LogP contribution in [-0.4, -0.2) is 22.6 Å². The Morgan fingerprint density at radius 1 is 0.471 bits per heavy atom. The van der Waals surface area contributed by atoms with Gasteiger partial charge in [-0.15, -0.1) is 0 Å². The Hall–Kier alpha value is -1.19. The molecule has 0 aliphatic carbocycles. The van der Waals surface area contributed by atoms with Crippen LogP contribution in [0.3, 0.4) is 0 Å². The lowest BCUT2D eigenvalue weighted by Crippen LogP contribution is -2.46. The van der Waals surface area contributed by atoms with Crippen LogP contribution in [0.1, 0.15) is 168 Å². The topological polar surface area (TPSA) is 71.4 Å². The second kappa shape index (κ2) is 22.3. The van der Waals surface area contributed by atoms with E-state index in [-0.39, 0.29) is 30.8 Å². The Labute approximate surface area is 211 Å². The number of carbonyl (C=O) groups is 3. The number of hydrogen-bond donors (Lipinski definition) is 1. The van der Waals surface area contributed by atoms with Crippen molar-refractivity contribution in [1.82, 2.24) is 0 Å². The molecule has 0 aromatic rings. The van der Waals surface area contributed by atoms with Crippen LogP contribution in [0.4, 0.5) is 0 Å². The molecule has 4 nitrogen and oxygen atoms in total. The third-order valence-electron chi connectivity index (χ3n) is 7.24. The lowest BCUT2D eigenvalue weighted by molar-refractivity contribution is -0.160. The van der Waals surface area contributed by atoms with E-state index in [1.165, 1.54) is 57.8 Å². The number of ketones is 2. The highest BCUT2D eigenvalue weighted by Gasteiger charge is 2.50. The van der Waals surface area contributed by atoms with Crippen molar-refractivity contribution in [3.05, 3.63) is 0 Å². The van der Waals surface area contributed by atoms with Crippen LogP contribution in [0.25, 0.3) is 0 Å². The van der Waals surface area contributed by atoms with E-state index < -0.39 is 11.4 Å². The molecule has 0 aromatic carbocycles. The summed E-state index contributed by atoms with van der Waals surface area (Å²) in [7, 11) is 0. The molecular weight excluding hydrogens is 424 g/mol. The zero-order valence-corrected chi connectivity index (χ0v) is 22.9. The molecular formula is C30H56O4. The molecule has 0 spiro atoms. The highest BCUT2D eigenvalue weighted by atomic mass is 16.4. The number of carboxylic acids is 1. The molecule has 0 heterocycles. The molecule has 0 amide bonds. The number of rotatable bonds is 26. The van der Waals surface area contributed by atoms with E-state index in [0.29, 0.717) is 19.3 Å². The maximum atomic E-state index is 13.3. The summed E-state index contributed by atoms with van der Waals surface area (Å²) in [5.41, 5.74) is -1.81. The molecule has 0 radical (unpaired) electrons. The fourth-order valence-corrected chi connectivity index (χ4v) is 4.86. The van der Waals surface area contributed by atoms with Gasteiger partial charge in [0.25, 0.3) is 0 Å². The van der Waals surface area contributed by atoms with E-state index in [1.807, 2.05) is 0 Å². The van der Waals surface area contributed by atoms with Crippen LogP contribution < -0.4 is 0 Å². The number of aliphatic carboxylic acids is 1. The number of hydrogen-bond acceptors (Lipinski definition) is 3. The van der Waals surface area contributed by atoms with Gasteiger partial charge in [0, 0.05) is 12.8 Å². The van der Waals surface area contributed by atoms with E-state index in [2.05, 4.69) is 20.8 Å². The summed E-state index contributed by atoms with van der Waals surface area (Å²) in [6, 6.07) is 0. The predicted octanol–water partition coefficient (Wildman–Crippen LogP) is 9.23. The third-order valence-corrected chi connectivity index (χ3v) is 7.24. The Kier molecular flexibility index (Phi) is 21.5. The van der Waals surface area contributed by atoms with Crippen LogP contribution in [0.2, 0.25) is 0 Å². The van der Waals surface area contributed by atoms with Crippen molar-refractivity contribution in [2.75, 3.05) is 0 Å². The quantitative estimate of drug-likeness (QED) is 0.0989. The summed E-state index contributed by atoms with van der Waals surface area (Å²) >= 11 is 0. The second-order valence-corrected chi connectivity index (χ2v) is 10.3. The van der Waals surface area contributed by atoms with E-state index in [4.69, 9.17) is 0 Å². The van der Waals surface area contributed by atoms with Crippen LogP contribution in [0.5, 0.6) is 0 Å². The standard InChI is InChI=1S/C30H56O4/c1-4-7-10-13-16-18-21-24-27(31)30(29(33)34,26-23-20-15-12-9-6-3)28(32)25-22-19-17-14-11-8-5-2/h4-26H2,1-3H3,(H,33,34). The van der Waals surface area contributed by atoms with Gasteiger partial charge >= 0.3 is 5.97 Å². The van der Waals surface area contributed by atoms with Gasteiger partial charge in [0.05, 0.1) is 0 Å². The Morgan fingerprint density at radius 2 is 0.765 bits per heavy atom. The smallest absolute Gasteiger partial charge is 0.324 e. The van der Waals surface area contributed by atoms with Gasteiger partial charge in [-0.2, -0.15) is 0 Å². The summed E-state index contributed by atoms with van der Waals surface area (Å²) in [5, 5.41) is 10.2. The van der Waals surface area contributed by atoms with Crippen molar-refractivity contribution >= 4 is 17.5 Å². The first kappa shape index (κ1) is 32.8. The zero-order chi connectivity index (χ0) is 25.5. The number of unbranched alkanes of at least 4 members (excludes halogenated alkanes) is 17. The van der Waals surface area contributed by atoms with Gasteiger partial charge in [-0.25, -0.2) is 0 Å². The predicted molar refractivity (Wildman–Crippen MR) is 143 cm³/mol. The van der Waals surface area contributed by atoms with Gasteiger partial charge in [0.15, 0.2) is 17.0 Å². The Bertz CT molecular complexity index is 496. The fourth-order valence-electron chi connectivity index (χ4n) is 4.86. The molecule has 0 saturated carbocycles. The molecule has 34 heavy (non-hydrogen) atoms. The minimum Gasteiger partial charge on any atom is -0.480 e. The third kappa shape index (κ3) is 14.3. The highest BCUT2D eigenvalue weighted by molar-refractivity contribution is 6.21. The van der Waals surface area contributed by atoms with Gasteiger partial charge < -0.3 is 5.11 Å². The van der Waals surface area contributed by atoms with Crippen molar-refractivity contribution < 1.29 is 19.5 Å². The van der Waals surface area contributed by atoms with E-state index in [0.717, 1.165) is 51.4 Å². The lowest BCUT2D eigenvalue weighted by atomic mass is 9.72. The molecule has 0 aliphatic rings. The summed E-state index contributed by atoms with van der Waals surface area (Å²) in [6.45, 7) is 6.55. The molecule has 200 valence electrons. The SMILES string of the molecule is CCCCCCCCCC(=O)C(CCCCCCCC)(C(=O)O)C(=O)CCCCCCCCC. The molecule has 0 aromatic heterocycles. The molecule has 0 rings (SSSR count). The van der Waals surface area contributed by atoms with E-state index >= 15 is 0 Å². The van der Waals surface area contributed by atoms with Crippen LogP contribution in [-0.2, 0) is 14.4 Å². The van der Waals surface area contributed by atoms with Crippen LogP contribution >= 0.6 is 0 Å².